The minimum Gasteiger partial charge on any atom is -0.493 e. The molecule has 3 nitrogen and oxygen atoms in total. The second-order valence-electron chi connectivity index (χ2n) is 5.74. The van der Waals surface area contributed by atoms with Crippen LogP contribution >= 0.6 is 0 Å². The van der Waals surface area contributed by atoms with E-state index in [4.69, 9.17) is 9.47 Å². The summed E-state index contributed by atoms with van der Waals surface area (Å²) in [6.07, 6.45) is 4.79. The zero-order valence-corrected chi connectivity index (χ0v) is 11.7. The monoisotopic (exact) mass is 261 g/mol. The second-order valence-corrected chi connectivity index (χ2v) is 5.74. The molecule has 0 bridgehead atoms. The molecule has 1 aromatic carbocycles. The topological polar surface area (TPSA) is 30.5 Å². The molecule has 1 N–H and O–H groups in total. The first-order valence-electron chi connectivity index (χ1n) is 7.31. The first-order chi connectivity index (χ1) is 9.33. The number of methoxy groups -OCH3 is 1. The van der Waals surface area contributed by atoms with Gasteiger partial charge in [0, 0.05) is 26.1 Å². The van der Waals surface area contributed by atoms with E-state index in [0.29, 0.717) is 5.92 Å². The van der Waals surface area contributed by atoms with Crippen molar-refractivity contribution in [3.63, 3.8) is 0 Å². The average Bonchev–Trinajstić information content (AvgIpc) is 2.42. The van der Waals surface area contributed by atoms with Crippen LogP contribution in [0.1, 0.15) is 37.2 Å². The Bertz CT molecular complexity index is 423. The molecule has 0 saturated heterocycles. The van der Waals surface area contributed by atoms with Gasteiger partial charge in [-0.15, -0.1) is 0 Å². The number of benzene rings is 1. The molecule has 104 valence electrons. The molecule has 3 heteroatoms. The highest BCUT2D eigenvalue weighted by molar-refractivity contribution is 5.37. The fourth-order valence-corrected chi connectivity index (χ4v) is 3.13. The molecule has 0 amide bonds. The summed E-state index contributed by atoms with van der Waals surface area (Å²) in [5.74, 6) is 1.63. The Morgan fingerprint density at radius 2 is 2.21 bits per heavy atom. The first kappa shape index (κ1) is 12.9. The van der Waals surface area contributed by atoms with Gasteiger partial charge >= 0.3 is 0 Å². The van der Waals surface area contributed by atoms with E-state index in [-0.39, 0.29) is 5.60 Å². The number of hydrogen-bond acceptors (Lipinski definition) is 3. The van der Waals surface area contributed by atoms with E-state index >= 15 is 0 Å². The van der Waals surface area contributed by atoms with Crippen LogP contribution in [0.5, 0.6) is 5.75 Å². The van der Waals surface area contributed by atoms with E-state index in [2.05, 4.69) is 23.5 Å². The Morgan fingerprint density at radius 3 is 2.95 bits per heavy atom. The molecule has 1 unspecified atom stereocenters. The number of para-hydroxylation sites is 1. The van der Waals surface area contributed by atoms with E-state index in [9.17, 15) is 0 Å². The number of hydrogen-bond donors (Lipinski definition) is 1. The van der Waals surface area contributed by atoms with E-state index in [1.807, 2.05) is 13.2 Å². The highest BCUT2D eigenvalue weighted by atomic mass is 16.5. The lowest BCUT2D eigenvalue weighted by Gasteiger charge is -2.41. The maximum absolute atomic E-state index is 5.70. The molecule has 0 aromatic heterocycles. The summed E-state index contributed by atoms with van der Waals surface area (Å²) in [7, 11) is 1.84. The lowest BCUT2D eigenvalue weighted by atomic mass is 9.80. The zero-order chi connectivity index (χ0) is 13.1. The number of nitrogens with one attached hydrogen (secondary N) is 1. The Morgan fingerprint density at radius 1 is 1.37 bits per heavy atom. The molecule has 3 rings (SSSR count). The minimum atomic E-state index is 0.116. The first-order valence-corrected chi connectivity index (χ1v) is 7.31. The van der Waals surface area contributed by atoms with Gasteiger partial charge < -0.3 is 14.8 Å². The summed E-state index contributed by atoms with van der Waals surface area (Å²) in [4.78, 5) is 0. The molecule has 1 fully saturated rings. The molecule has 1 aromatic rings. The summed E-state index contributed by atoms with van der Waals surface area (Å²) in [5, 5.41) is 3.61. The maximum atomic E-state index is 5.70. The molecule has 1 saturated carbocycles. The van der Waals surface area contributed by atoms with E-state index in [1.165, 1.54) is 24.8 Å². The highest BCUT2D eigenvalue weighted by Crippen LogP contribution is 2.35. The van der Waals surface area contributed by atoms with Crippen LogP contribution < -0.4 is 10.1 Å². The van der Waals surface area contributed by atoms with Gasteiger partial charge in [-0.1, -0.05) is 18.2 Å². The quantitative estimate of drug-likeness (QED) is 0.884. The number of ether oxygens (including phenoxy) is 2. The predicted molar refractivity (Wildman–Crippen MR) is 75.8 cm³/mol. The van der Waals surface area contributed by atoms with Crippen molar-refractivity contribution in [2.24, 2.45) is 0 Å². The summed E-state index contributed by atoms with van der Waals surface area (Å²) in [5.41, 5.74) is 1.46. The molecule has 1 aliphatic carbocycles. The van der Waals surface area contributed by atoms with Gasteiger partial charge in [0.05, 0.1) is 12.2 Å². The van der Waals surface area contributed by atoms with E-state index in [1.54, 1.807) is 0 Å². The second kappa shape index (κ2) is 5.51. The van der Waals surface area contributed by atoms with Gasteiger partial charge in [-0.25, -0.2) is 0 Å². The molecule has 2 aliphatic rings. The average molecular weight is 261 g/mol. The molecule has 1 atom stereocenters. The predicted octanol–water partition coefficient (Wildman–Crippen LogP) is 2.71. The van der Waals surface area contributed by atoms with Crippen molar-refractivity contribution >= 4 is 0 Å². The minimum absolute atomic E-state index is 0.116. The fourth-order valence-electron chi connectivity index (χ4n) is 3.13. The van der Waals surface area contributed by atoms with Crippen LogP contribution in [0.3, 0.4) is 0 Å². The van der Waals surface area contributed by atoms with E-state index in [0.717, 1.165) is 31.9 Å². The van der Waals surface area contributed by atoms with Crippen LogP contribution in [0.25, 0.3) is 0 Å². The summed E-state index contributed by atoms with van der Waals surface area (Å²) in [6.45, 7) is 2.83. The maximum Gasteiger partial charge on any atom is 0.122 e. The van der Waals surface area contributed by atoms with Crippen molar-refractivity contribution in [3.05, 3.63) is 29.8 Å². The van der Waals surface area contributed by atoms with Crippen molar-refractivity contribution < 1.29 is 9.47 Å². The Balaban J connectivity index is 1.56. The van der Waals surface area contributed by atoms with Gasteiger partial charge in [-0.3, -0.25) is 0 Å². The van der Waals surface area contributed by atoms with Crippen LogP contribution in [0.2, 0.25) is 0 Å². The third kappa shape index (κ3) is 2.63. The SMILES string of the molecule is COC1(CNCC2CCOc3ccccc32)CCC1. The summed E-state index contributed by atoms with van der Waals surface area (Å²) < 4.78 is 11.3. The van der Waals surface area contributed by atoms with Crippen molar-refractivity contribution in [1.29, 1.82) is 0 Å². The number of fused-ring (bicyclic) bond motifs is 1. The molecular weight excluding hydrogens is 238 g/mol. The molecule has 0 spiro atoms. The van der Waals surface area contributed by atoms with Gasteiger partial charge in [0.25, 0.3) is 0 Å². The van der Waals surface area contributed by atoms with Gasteiger partial charge in [0.1, 0.15) is 5.75 Å². The summed E-state index contributed by atoms with van der Waals surface area (Å²) >= 11 is 0. The van der Waals surface area contributed by atoms with Crippen LogP contribution in [-0.4, -0.2) is 32.4 Å². The largest absolute Gasteiger partial charge is 0.493 e. The van der Waals surface area contributed by atoms with Gasteiger partial charge in [0.2, 0.25) is 0 Å². The third-order valence-corrected chi connectivity index (χ3v) is 4.62. The van der Waals surface area contributed by atoms with Crippen molar-refractivity contribution in [3.8, 4) is 5.75 Å². The number of rotatable bonds is 5. The zero-order valence-electron chi connectivity index (χ0n) is 11.7. The Hall–Kier alpha value is -1.06. The third-order valence-electron chi connectivity index (χ3n) is 4.62. The smallest absolute Gasteiger partial charge is 0.122 e. The Kier molecular flexibility index (Phi) is 3.76. The van der Waals surface area contributed by atoms with E-state index < -0.39 is 0 Å². The highest BCUT2D eigenvalue weighted by Gasteiger charge is 2.36. The van der Waals surface area contributed by atoms with Crippen molar-refractivity contribution in [2.45, 2.75) is 37.2 Å². The normalized spacial score (nSPS) is 24.2. The Labute approximate surface area is 115 Å². The van der Waals surface area contributed by atoms with Crippen molar-refractivity contribution in [2.75, 3.05) is 26.8 Å². The molecule has 0 radical (unpaired) electrons. The van der Waals surface area contributed by atoms with Crippen LogP contribution in [-0.2, 0) is 4.74 Å². The van der Waals surface area contributed by atoms with Crippen molar-refractivity contribution in [1.82, 2.24) is 5.32 Å². The molecule has 1 heterocycles. The van der Waals surface area contributed by atoms with Gasteiger partial charge in [-0.05, 0) is 37.3 Å². The lowest BCUT2D eigenvalue weighted by Crippen LogP contribution is -2.48. The molecule has 1 aliphatic heterocycles. The van der Waals surface area contributed by atoms with Crippen LogP contribution in [0.4, 0.5) is 0 Å². The van der Waals surface area contributed by atoms with Gasteiger partial charge in [-0.2, -0.15) is 0 Å². The standard InChI is InChI=1S/C16H23NO2/c1-18-16(8-4-9-16)12-17-11-13-7-10-19-15-6-3-2-5-14(13)15/h2-3,5-6,13,17H,4,7-12H2,1H3. The summed E-state index contributed by atoms with van der Waals surface area (Å²) in [6, 6.07) is 8.41. The van der Waals surface area contributed by atoms with Crippen LogP contribution in [0, 0.1) is 0 Å². The fraction of sp³-hybridized carbons (Fsp3) is 0.625. The van der Waals surface area contributed by atoms with Gasteiger partial charge in [0.15, 0.2) is 0 Å². The molecular formula is C16H23NO2. The van der Waals surface area contributed by atoms with Crippen LogP contribution in [0.15, 0.2) is 24.3 Å². The molecule has 19 heavy (non-hydrogen) atoms. The lowest BCUT2D eigenvalue weighted by molar-refractivity contribution is -0.0694.